The first-order valence-corrected chi connectivity index (χ1v) is 10.2. The molecular weight excluding hydrogens is 395 g/mol. The zero-order valence-corrected chi connectivity index (χ0v) is 18.3. The summed E-state index contributed by atoms with van der Waals surface area (Å²) in [5, 5.41) is 9.35. The van der Waals surface area contributed by atoms with Crippen LogP contribution in [-0.2, 0) is 5.41 Å². The van der Waals surface area contributed by atoms with Gasteiger partial charge in [-0.05, 0) is 75.4 Å². The summed E-state index contributed by atoms with van der Waals surface area (Å²) in [6, 6.07) is 2.06. The van der Waals surface area contributed by atoms with Crippen molar-refractivity contribution in [1.29, 1.82) is 0 Å². The molecule has 2 nitrogen and oxygen atoms in total. The zero-order valence-electron chi connectivity index (χ0n) is 16.7. The second-order valence-corrected chi connectivity index (χ2v) is 8.51. The van der Waals surface area contributed by atoms with Gasteiger partial charge in [0, 0.05) is 5.56 Å². The van der Waals surface area contributed by atoms with Crippen LogP contribution in [0.3, 0.4) is 0 Å². The number of hydrogen-bond donors (Lipinski definition) is 1. The summed E-state index contributed by atoms with van der Waals surface area (Å²) in [5.41, 5.74) is 4.85. The topological polar surface area (TPSA) is 29.5 Å². The molecule has 0 bridgehead atoms. The zero-order chi connectivity index (χ0) is 19.6. The molecule has 1 aliphatic rings. The largest absolute Gasteiger partial charge is 0.492 e. The van der Waals surface area contributed by atoms with E-state index in [0.29, 0.717) is 30.3 Å². The van der Waals surface area contributed by atoms with Crippen molar-refractivity contribution in [2.75, 3.05) is 13.2 Å². The Morgan fingerprint density at radius 1 is 1.35 bits per heavy atom. The van der Waals surface area contributed by atoms with Crippen molar-refractivity contribution in [2.24, 2.45) is 5.92 Å². The van der Waals surface area contributed by atoms with Gasteiger partial charge in [-0.25, -0.2) is 4.39 Å². The van der Waals surface area contributed by atoms with Crippen LogP contribution in [0.15, 0.2) is 22.4 Å². The molecule has 1 aromatic carbocycles. The molecule has 0 amide bonds. The van der Waals surface area contributed by atoms with Crippen LogP contribution in [0.4, 0.5) is 4.39 Å². The highest BCUT2D eigenvalue weighted by Crippen LogP contribution is 2.50. The molecule has 0 saturated carbocycles. The third-order valence-corrected chi connectivity index (χ3v) is 5.85. The molecule has 0 spiro atoms. The van der Waals surface area contributed by atoms with E-state index in [0.717, 1.165) is 22.0 Å². The van der Waals surface area contributed by atoms with E-state index >= 15 is 0 Å². The molecule has 0 unspecified atom stereocenters. The third-order valence-electron chi connectivity index (χ3n) is 5.10. The van der Waals surface area contributed by atoms with Gasteiger partial charge >= 0.3 is 0 Å². The highest BCUT2D eigenvalue weighted by Gasteiger charge is 2.34. The number of aliphatic hydroxyl groups is 1. The van der Waals surface area contributed by atoms with E-state index in [1.807, 2.05) is 13.8 Å². The molecule has 26 heavy (non-hydrogen) atoms. The van der Waals surface area contributed by atoms with Gasteiger partial charge < -0.3 is 9.84 Å². The van der Waals surface area contributed by atoms with Crippen LogP contribution in [0, 0.1) is 5.92 Å². The first-order chi connectivity index (χ1) is 12.2. The summed E-state index contributed by atoms with van der Waals surface area (Å²) >= 11 is 3.78. The minimum atomic E-state index is -0.595. The van der Waals surface area contributed by atoms with Crippen LogP contribution in [0.2, 0.25) is 0 Å². The Morgan fingerprint density at radius 2 is 2.00 bits per heavy atom. The second-order valence-electron chi connectivity index (χ2n) is 7.72. The maximum Gasteiger partial charge on any atom is 0.141 e. The average molecular weight is 425 g/mol. The summed E-state index contributed by atoms with van der Waals surface area (Å²) in [6.45, 7) is 12.5. The van der Waals surface area contributed by atoms with Crippen LogP contribution in [0.5, 0.6) is 5.75 Å². The fourth-order valence-corrected chi connectivity index (χ4v) is 4.86. The fraction of sp³-hybridized carbons (Fsp3) is 0.545. The Morgan fingerprint density at radius 3 is 2.50 bits per heavy atom. The minimum absolute atomic E-state index is 0.0391. The smallest absolute Gasteiger partial charge is 0.141 e. The fourth-order valence-electron chi connectivity index (χ4n) is 3.78. The van der Waals surface area contributed by atoms with E-state index in [9.17, 15) is 9.50 Å². The molecule has 144 valence electrons. The second kappa shape index (κ2) is 8.26. The van der Waals surface area contributed by atoms with Crippen LogP contribution >= 0.6 is 15.9 Å². The molecule has 0 saturated heterocycles. The van der Waals surface area contributed by atoms with Gasteiger partial charge in [0.25, 0.3) is 0 Å². The molecular formula is C22H30BrFO2. The predicted octanol–water partition coefficient (Wildman–Crippen LogP) is 6.65. The van der Waals surface area contributed by atoms with Gasteiger partial charge in [-0.1, -0.05) is 40.7 Å². The maximum atomic E-state index is 14.4. The van der Waals surface area contributed by atoms with Gasteiger partial charge in [-0.15, -0.1) is 0 Å². The lowest BCUT2D eigenvalue weighted by atomic mass is 9.70. The quantitative estimate of drug-likeness (QED) is 0.553. The molecule has 2 rings (SSSR count). The van der Waals surface area contributed by atoms with Crippen LogP contribution in [0.25, 0.3) is 11.1 Å². The van der Waals surface area contributed by atoms with Crippen LogP contribution in [0.1, 0.15) is 71.1 Å². The Balaban J connectivity index is 2.90. The summed E-state index contributed by atoms with van der Waals surface area (Å²) in [7, 11) is 0. The summed E-state index contributed by atoms with van der Waals surface area (Å²) in [4.78, 5) is 0. The Hall–Kier alpha value is -1.13. The highest BCUT2D eigenvalue weighted by molar-refractivity contribution is 9.10. The molecule has 4 heteroatoms. The lowest BCUT2D eigenvalue weighted by Crippen LogP contribution is -2.24. The van der Waals surface area contributed by atoms with E-state index in [4.69, 9.17) is 4.74 Å². The molecule has 0 radical (unpaired) electrons. The molecule has 0 heterocycles. The van der Waals surface area contributed by atoms with Gasteiger partial charge in [0.2, 0.25) is 0 Å². The van der Waals surface area contributed by atoms with E-state index < -0.39 is 12.4 Å². The number of aliphatic hydroxyl groups excluding tert-OH is 1. The molecule has 0 aromatic heterocycles. The lowest BCUT2D eigenvalue weighted by Gasteiger charge is -2.36. The van der Waals surface area contributed by atoms with Gasteiger partial charge in [-0.2, -0.15) is 0 Å². The maximum absolute atomic E-state index is 14.4. The Bertz CT molecular complexity index is 745. The SMILES string of the molecule is CCOc1c(C(CC)=C(F)CO)cc2c(c1Br)C(C)(C)CC=C2C(C)C. The third kappa shape index (κ3) is 3.77. The summed E-state index contributed by atoms with van der Waals surface area (Å²) < 4.78 is 21.3. The van der Waals surface area contributed by atoms with Gasteiger partial charge in [-0.3, -0.25) is 0 Å². The molecule has 1 aromatic rings. The minimum Gasteiger partial charge on any atom is -0.492 e. The van der Waals surface area contributed by atoms with Crippen molar-refractivity contribution in [3.8, 4) is 5.75 Å². The summed E-state index contributed by atoms with van der Waals surface area (Å²) in [6.07, 6.45) is 3.75. The summed E-state index contributed by atoms with van der Waals surface area (Å²) in [5.74, 6) is 0.550. The van der Waals surface area contributed by atoms with E-state index in [2.05, 4.69) is 55.8 Å². The van der Waals surface area contributed by atoms with Gasteiger partial charge in [0.1, 0.15) is 11.6 Å². The van der Waals surface area contributed by atoms with Crippen molar-refractivity contribution in [2.45, 2.75) is 59.8 Å². The normalized spacial score (nSPS) is 16.9. The Labute approximate surface area is 165 Å². The molecule has 1 aliphatic carbocycles. The molecule has 0 aliphatic heterocycles. The number of benzene rings is 1. The molecule has 1 N–H and O–H groups in total. The highest BCUT2D eigenvalue weighted by atomic mass is 79.9. The number of allylic oxidation sites excluding steroid dienone is 3. The van der Waals surface area contributed by atoms with E-state index in [1.165, 1.54) is 11.1 Å². The van der Waals surface area contributed by atoms with Crippen molar-refractivity contribution in [3.63, 3.8) is 0 Å². The Kier molecular flexibility index (Phi) is 6.73. The number of ether oxygens (including phenoxy) is 1. The van der Waals surface area contributed by atoms with E-state index in [1.54, 1.807) is 0 Å². The molecule has 0 fully saturated rings. The van der Waals surface area contributed by atoms with Crippen molar-refractivity contribution in [3.05, 3.63) is 39.1 Å². The van der Waals surface area contributed by atoms with Crippen molar-refractivity contribution in [1.82, 2.24) is 0 Å². The van der Waals surface area contributed by atoms with Crippen LogP contribution < -0.4 is 4.74 Å². The standard InChI is InChI=1S/C22H30BrFO2/c1-7-14(18(24)12-25)17-11-16-15(13(3)4)9-10-22(5,6)19(16)20(23)21(17)26-8-2/h9,11,13,25H,7-8,10,12H2,1-6H3. The van der Waals surface area contributed by atoms with Gasteiger partial charge in [0.15, 0.2) is 0 Å². The monoisotopic (exact) mass is 424 g/mol. The number of hydrogen-bond acceptors (Lipinski definition) is 2. The number of rotatable bonds is 6. The van der Waals surface area contributed by atoms with Crippen LogP contribution in [-0.4, -0.2) is 18.3 Å². The van der Waals surface area contributed by atoms with E-state index in [-0.39, 0.29) is 5.41 Å². The number of halogens is 2. The predicted molar refractivity (Wildman–Crippen MR) is 111 cm³/mol. The lowest BCUT2D eigenvalue weighted by molar-refractivity contribution is 0.298. The average Bonchev–Trinajstić information content (AvgIpc) is 2.57. The number of fused-ring (bicyclic) bond motifs is 1. The first-order valence-electron chi connectivity index (χ1n) is 9.38. The van der Waals surface area contributed by atoms with Gasteiger partial charge in [0.05, 0.1) is 17.7 Å². The first kappa shape index (κ1) is 21.2. The molecule has 0 atom stereocenters. The van der Waals surface area contributed by atoms with Crippen molar-refractivity contribution < 1.29 is 14.2 Å². The van der Waals surface area contributed by atoms with Crippen molar-refractivity contribution >= 4 is 27.1 Å².